The van der Waals surface area contributed by atoms with Crippen LogP contribution in [0, 0.1) is 0 Å². The molecule has 0 aliphatic heterocycles. The van der Waals surface area contributed by atoms with Crippen LogP contribution in [0.3, 0.4) is 0 Å². The fraction of sp³-hybridized carbons (Fsp3) is 0.455. The van der Waals surface area contributed by atoms with Gasteiger partial charge in [-0.2, -0.15) is 0 Å². The van der Waals surface area contributed by atoms with Crippen LogP contribution < -0.4 is 11.1 Å². The maximum atomic E-state index is 5.90. The monoisotopic (exact) mass is 212 g/mol. The molecule has 0 aliphatic rings. The zero-order valence-corrected chi connectivity index (χ0v) is 9.27. The van der Waals surface area contributed by atoms with Gasteiger partial charge in [-0.15, -0.1) is 0 Å². The number of unbranched alkanes of at least 4 members (excludes halogenated alkanes) is 1. The summed E-state index contributed by atoms with van der Waals surface area (Å²) in [6.45, 7) is 4.00. The number of anilines is 1. The van der Waals surface area contributed by atoms with Crippen LogP contribution in [0.1, 0.15) is 25.3 Å². The first-order valence-electron chi connectivity index (χ1n) is 4.99. The number of nitrogens with two attached hydrogens (primary N) is 1. The molecule has 3 N–H and O–H groups in total. The van der Waals surface area contributed by atoms with Crippen molar-refractivity contribution in [1.82, 2.24) is 5.32 Å². The normalized spacial score (nSPS) is 10.4. The van der Waals surface area contributed by atoms with Gasteiger partial charge in [-0.05, 0) is 24.6 Å². The quantitative estimate of drug-likeness (QED) is 0.582. The van der Waals surface area contributed by atoms with Crippen LogP contribution in [0.5, 0.6) is 0 Å². The summed E-state index contributed by atoms with van der Waals surface area (Å²) < 4.78 is 0. The Hall–Kier alpha value is -0.730. The zero-order chi connectivity index (χ0) is 10.4. The van der Waals surface area contributed by atoms with Gasteiger partial charge in [0.05, 0.1) is 10.7 Å². The summed E-state index contributed by atoms with van der Waals surface area (Å²) in [6, 6.07) is 5.74. The number of nitrogens with one attached hydrogen (secondary N) is 1. The highest BCUT2D eigenvalue weighted by molar-refractivity contribution is 6.33. The average Bonchev–Trinajstić information content (AvgIpc) is 2.19. The molecule has 0 fully saturated rings. The smallest absolute Gasteiger partial charge is 0.0638 e. The molecule has 0 saturated heterocycles. The summed E-state index contributed by atoms with van der Waals surface area (Å²) >= 11 is 5.90. The van der Waals surface area contributed by atoms with Gasteiger partial charge in [-0.25, -0.2) is 0 Å². The fourth-order valence-corrected chi connectivity index (χ4v) is 1.45. The maximum Gasteiger partial charge on any atom is 0.0638 e. The van der Waals surface area contributed by atoms with Gasteiger partial charge in [0.1, 0.15) is 0 Å². The second-order valence-electron chi connectivity index (χ2n) is 3.34. The predicted octanol–water partition coefficient (Wildman–Crippen LogP) is 2.81. The summed E-state index contributed by atoms with van der Waals surface area (Å²) in [5.74, 6) is 0. The van der Waals surface area contributed by atoms with Crippen molar-refractivity contribution in [3.63, 3.8) is 0 Å². The van der Waals surface area contributed by atoms with E-state index in [1.54, 1.807) is 0 Å². The lowest BCUT2D eigenvalue weighted by Gasteiger charge is -2.08. The Balaban J connectivity index is 2.46. The lowest BCUT2D eigenvalue weighted by molar-refractivity contribution is 0.642. The summed E-state index contributed by atoms with van der Waals surface area (Å²) in [4.78, 5) is 0. The molecule has 1 rings (SSSR count). The van der Waals surface area contributed by atoms with Crippen molar-refractivity contribution in [2.24, 2.45) is 0 Å². The zero-order valence-electron chi connectivity index (χ0n) is 8.52. The summed E-state index contributed by atoms with van der Waals surface area (Å²) in [5.41, 5.74) is 7.60. The Kier molecular flexibility index (Phi) is 4.77. The first-order valence-corrected chi connectivity index (χ1v) is 5.37. The maximum absolute atomic E-state index is 5.90. The molecule has 1 aromatic carbocycles. The molecule has 0 saturated carbocycles. The van der Waals surface area contributed by atoms with Crippen molar-refractivity contribution in [3.05, 3.63) is 28.8 Å². The van der Waals surface area contributed by atoms with Crippen LogP contribution in [0.4, 0.5) is 5.69 Å². The van der Waals surface area contributed by atoms with E-state index in [4.69, 9.17) is 17.3 Å². The lowest BCUT2D eigenvalue weighted by Crippen LogP contribution is -2.15. The third-order valence-corrected chi connectivity index (χ3v) is 2.50. The van der Waals surface area contributed by atoms with Gasteiger partial charge in [0.15, 0.2) is 0 Å². The van der Waals surface area contributed by atoms with Crippen LogP contribution in [0.15, 0.2) is 18.2 Å². The van der Waals surface area contributed by atoms with Gasteiger partial charge in [-0.3, -0.25) is 0 Å². The molecule has 0 bridgehead atoms. The van der Waals surface area contributed by atoms with Crippen molar-refractivity contribution >= 4 is 17.3 Å². The Bertz CT molecular complexity index is 287. The first kappa shape index (κ1) is 11.3. The summed E-state index contributed by atoms with van der Waals surface area (Å²) in [7, 11) is 0. The molecule has 2 nitrogen and oxygen atoms in total. The minimum absolute atomic E-state index is 0.639. The van der Waals surface area contributed by atoms with Gasteiger partial charge < -0.3 is 11.1 Å². The summed E-state index contributed by atoms with van der Waals surface area (Å²) in [5, 5.41) is 3.97. The molecule has 1 aromatic rings. The largest absolute Gasteiger partial charge is 0.397 e. The number of benzene rings is 1. The van der Waals surface area contributed by atoms with E-state index in [0.717, 1.165) is 18.7 Å². The van der Waals surface area contributed by atoms with Crippen molar-refractivity contribution in [2.75, 3.05) is 12.3 Å². The van der Waals surface area contributed by atoms with Crippen molar-refractivity contribution < 1.29 is 0 Å². The SMILES string of the molecule is CCCCNCc1cccc(Cl)c1N. The molecule has 0 amide bonds. The third-order valence-electron chi connectivity index (χ3n) is 2.17. The minimum Gasteiger partial charge on any atom is -0.397 e. The van der Waals surface area contributed by atoms with E-state index in [1.165, 1.54) is 12.8 Å². The summed E-state index contributed by atoms with van der Waals surface area (Å²) in [6.07, 6.45) is 2.40. The number of rotatable bonds is 5. The standard InChI is InChI=1S/C11H17ClN2/c1-2-3-7-14-8-9-5-4-6-10(12)11(9)13/h4-6,14H,2-3,7-8,13H2,1H3. The van der Waals surface area contributed by atoms with Crippen molar-refractivity contribution in [3.8, 4) is 0 Å². The molecule has 0 aromatic heterocycles. The Morgan fingerprint density at radius 2 is 2.21 bits per heavy atom. The second-order valence-corrected chi connectivity index (χ2v) is 3.75. The topological polar surface area (TPSA) is 38.0 Å². The molecule has 14 heavy (non-hydrogen) atoms. The van der Waals surface area contributed by atoms with Crippen LogP contribution >= 0.6 is 11.6 Å². The Morgan fingerprint density at radius 1 is 1.43 bits per heavy atom. The molecular formula is C11H17ClN2. The number of hydrogen-bond acceptors (Lipinski definition) is 2. The number of nitrogen functional groups attached to an aromatic ring is 1. The number of para-hydroxylation sites is 1. The lowest BCUT2D eigenvalue weighted by atomic mass is 10.2. The van der Waals surface area contributed by atoms with Crippen molar-refractivity contribution in [2.45, 2.75) is 26.3 Å². The van der Waals surface area contributed by atoms with E-state index >= 15 is 0 Å². The van der Waals surface area contributed by atoms with E-state index in [1.807, 2.05) is 18.2 Å². The van der Waals surface area contributed by atoms with Crippen LogP contribution in [-0.4, -0.2) is 6.54 Å². The highest BCUT2D eigenvalue weighted by Crippen LogP contribution is 2.21. The van der Waals surface area contributed by atoms with Gasteiger partial charge in [0.2, 0.25) is 0 Å². The second kappa shape index (κ2) is 5.89. The fourth-order valence-electron chi connectivity index (χ4n) is 1.26. The van der Waals surface area contributed by atoms with Gasteiger partial charge in [0, 0.05) is 6.54 Å². The highest BCUT2D eigenvalue weighted by Gasteiger charge is 2.01. The van der Waals surface area contributed by atoms with E-state index < -0.39 is 0 Å². The van der Waals surface area contributed by atoms with Gasteiger partial charge in [0.25, 0.3) is 0 Å². The third kappa shape index (κ3) is 3.20. The Morgan fingerprint density at radius 3 is 2.93 bits per heavy atom. The molecule has 0 atom stereocenters. The molecule has 0 heterocycles. The van der Waals surface area contributed by atoms with E-state index in [2.05, 4.69) is 12.2 Å². The average molecular weight is 213 g/mol. The molecule has 0 spiro atoms. The number of hydrogen-bond donors (Lipinski definition) is 2. The van der Waals surface area contributed by atoms with Crippen LogP contribution in [0.25, 0.3) is 0 Å². The minimum atomic E-state index is 0.639. The molecule has 78 valence electrons. The molecule has 0 radical (unpaired) electrons. The predicted molar refractivity (Wildman–Crippen MR) is 62.5 cm³/mol. The van der Waals surface area contributed by atoms with Crippen LogP contribution in [0.2, 0.25) is 5.02 Å². The van der Waals surface area contributed by atoms with Crippen LogP contribution in [-0.2, 0) is 6.54 Å². The number of halogens is 1. The molecular weight excluding hydrogens is 196 g/mol. The first-order chi connectivity index (χ1) is 6.75. The van der Waals surface area contributed by atoms with E-state index in [0.29, 0.717) is 10.7 Å². The van der Waals surface area contributed by atoms with Gasteiger partial charge >= 0.3 is 0 Å². The van der Waals surface area contributed by atoms with Gasteiger partial charge in [-0.1, -0.05) is 37.1 Å². The Labute approximate surface area is 90.4 Å². The van der Waals surface area contributed by atoms with Crippen molar-refractivity contribution in [1.29, 1.82) is 0 Å². The highest BCUT2D eigenvalue weighted by atomic mass is 35.5. The molecule has 3 heteroatoms. The van der Waals surface area contributed by atoms with E-state index in [-0.39, 0.29) is 0 Å². The molecule has 0 aliphatic carbocycles. The van der Waals surface area contributed by atoms with E-state index in [9.17, 15) is 0 Å². The molecule has 0 unspecified atom stereocenters.